The van der Waals surface area contributed by atoms with Crippen molar-refractivity contribution in [1.29, 1.82) is 0 Å². The standard InChI is InChI=1S/C16H15F3N6O3/c1-8(21-14(26)10-7-11(16(17,18)19)23-25(10)2)15-22-13(24-28-15)9-4-5-20-12(6-9)27-3/h4-8H,1-3H3,(H,21,26)/t8-/m0/s1. The van der Waals surface area contributed by atoms with Crippen LogP contribution in [-0.4, -0.2) is 37.9 Å². The summed E-state index contributed by atoms with van der Waals surface area (Å²) in [4.78, 5) is 20.5. The Morgan fingerprint density at radius 3 is 2.75 bits per heavy atom. The van der Waals surface area contributed by atoms with Gasteiger partial charge in [0, 0.05) is 30.9 Å². The summed E-state index contributed by atoms with van der Waals surface area (Å²) < 4.78 is 49.2. The Hall–Kier alpha value is -3.44. The van der Waals surface area contributed by atoms with Gasteiger partial charge in [0.25, 0.3) is 5.91 Å². The third-order valence-corrected chi connectivity index (χ3v) is 3.76. The van der Waals surface area contributed by atoms with E-state index in [9.17, 15) is 18.0 Å². The van der Waals surface area contributed by atoms with E-state index in [4.69, 9.17) is 9.26 Å². The third-order valence-electron chi connectivity index (χ3n) is 3.76. The molecule has 12 heteroatoms. The largest absolute Gasteiger partial charge is 0.481 e. The van der Waals surface area contributed by atoms with E-state index in [0.717, 1.165) is 4.68 Å². The average Bonchev–Trinajstić information content (AvgIpc) is 3.28. The number of hydrogen-bond acceptors (Lipinski definition) is 7. The summed E-state index contributed by atoms with van der Waals surface area (Å²) in [5, 5.41) is 9.64. The molecule has 148 valence electrons. The van der Waals surface area contributed by atoms with Gasteiger partial charge in [-0.3, -0.25) is 9.48 Å². The predicted octanol–water partition coefficient (Wildman–Crippen LogP) is 2.38. The van der Waals surface area contributed by atoms with E-state index >= 15 is 0 Å². The number of methoxy groups -OCH3 is 1. The summed E-state index contributed by atoms with van der Waals surface area (Å²) >= 11 is 0. The topological polar surface area (TPSA) is 108 Å². The number of carbonyl (C=O) groups excluding carboxylic acids is 1. The Balaban J connectivity index is 1.75. The van der Waals surface area contributed by atoms with E-state index in [0.29, 0.717) is 17.5 Å². The highest BCUT2D eigenvalue weighted by Gasteiger charge is 2.35. The number of alkyl halides is 3. The smallest absolute Gasteiger partial charge is 0.435 e. The number of nitrogens with one attached hydrogen (secondary N) is 1. The van der Waals surface area contributed by atoms with Crippen molar-refractivity contribution in [3.63, 3.8) is 0 Å². The molecular formula is C16H15F3N6O3. The van der Waals surface area contributed by atoms with Gasteiger partial charge in [-0.25, -0.2) is 4.98 Å². The molecule has 3 aromatic heterocycles. The Morgan fingerprint density at radius 1 is 1.36 bits per heavy atom. The van der Waals surface area contributed by atoms with Gasteiger partial charge in [-0.15, -0.1) is 0 Å². The molecule has 1 atom stereocenters. The van der Waals surface area contributed by atoms with Crippen LogP contribution in [0.4, 0.5) is 13.2 Å². The second-order valence-electron chi connectivity index (χ2n) is 5.77. The van der Waals surface area contributed by atoms with E-state index in [1.807, 2.05) is 0 Å². The Bertz CT molecular complexity index is 998. The molecule has 0 aliphatic rings. The summed E-state index contributed by atoms with van der Waals surface area (Å²) in [6.45, 7) is 1.56. The number of rotatable bonds is 5. The van der Waals surface area contributed by atoms with Crippen molar-refractivity contribution in [3.8, 4) is 17.3 Å². The van der Waals surface area contributed by atoms with Crippen molar-refractivity contribution in [2.45, 2.75) is 19.1 Å². The molecule has 0 radical (unpaired) electrons. The van der Waals surface area contributed by atoms with E-state index in [-0.39, 0.29) is 17.4 Å². The molecule has 0 saturated carbocycles. The van der Waals surface area contributed by atoms with Crippen LogP contribution in [-0.2, 0) is 13.2 Å². The molecule has 0 fully saturated rings. The fourth-order valence-corrected chi connectivity index (χ4v) is 2.34. The maximum absolute atomic E-state index is 12.7. The van der Waals surface area contributed by atoms with Gasteiger partial charge in [0.05, 0.1) is 7.11 Å². The number of amides is 1. The highest BCUT2D eigenvalue weighted by molar-refractivity contribution is 5.92. The van der Waals surface area contributed by atoms with Crippen molar-refractivity contribution in [2.24, 2.45) is 7.05 Å². The van der Waals surface area contributed by atoms with Gasteiger partial charge < -0.3 is 14.6 Å². The molecule has 1 amide bonds. The maximum Gasteiger partial charge on any atom is 0.435 e. The highest BCUT2D eigenvalue weighted by Crippen LogP contribution is 2.28. The molecule has 3 heterocycles. The fraction of sp³-hybridized carbons (Fsp3) is 0.312. The number of aromatic nitrogens is 5. The van der Waals surface area contributed by atoms with E-state index < -0.39 is 23.8 Å². The van der Waals surface area contributed by atoms with E-state index in [2.05, 4.69) is 25.5 Å². The van der Waals surface area contributed by atoms with Gasteiger partial charge in [0.2, 0.25) is 17.6 Å². The van der Waals surface area contributed by atoms with Crippen LogP contribution < -0.4 is 10.1 Å². The molecule has 0 saturated heterocycles. The Labute approximate surface area is 156 Å². The molecular weight excluding hydrogens is 381 g/mol. The molecule has 0 spiro atoms. The van der Waals surface area contributed by atoms with Gasteiger partial charge in [0.15, 0.2) is 5.69 Å². The molecule has 1 N–H and O–H groups in total. The first-order valence-electron chi connectivity index (χ1n) is 7.95. The summed E-state index contributed by atoms with van der Waals surface area (Å²) in [6, 6.07) is 3.17. The summed E-state index contributed by atoms with van der Waals surface area (Å²) in [7, 11) is 2.71. The number of aryl methyl sites for hydroxylation is 1. The van der Waals surface area contributed by atoms with Crippen molar-refractivity contribution in [1.82, 2.24) is 30.2 Å². The van der Waals surface area contributed by atoms with Crippen LogP contribution in [0.15, 0.2) is 28.9 Å². The van der Waals surface area contributed by atoms with Crippen LogP contribution in [0.25, 0.3) is 11.4 Å². The zero-order chi connectivity index (χ0) is 20.5. The number of nitrogens with zero attached hydrogens (tertiary/aromatic N) is 5. The predicted molar refractivity (Wildman–Crippen MR) is 88.2 cm³/mol. The van der Waals surface area contributed by atoms with Crippen LogP contribution >= 0.6 is 0 Å². The SMILES string of the molecule is COc1cc(-c2noc([C@H](C)NC(=O)c3cc(C(F)(F)F)nn3C)n2)ccn1. The highest BCUT2D eigenvalue weighted by atomic mass is 19.4. The normalized spacial score (nSPS) is 12.6. The minimum Gasteiger partial charge on any atom is -0.481 e. The summed E-state index contributed by atoms with van der Waals surface area (Å²) in [5.41, 5.74) is -0.820. The molecule has 28 heavy (non-hydrogen) atoms. The summed E-state index contributed by atoms with van der Waals surface area (Å²) in [6.07, 6.45) is -3.13. The number of ether oxygens (including phenoxy) is 1. The lowest BCUT2D eigenvalue weighted by atomic mass is 10.2. The lowest BCUT2D eigenvalue weighted by molar-refractivity contribution is -0.141. The quantitative estimate of drug-likeness (QED) is 0.705. The molecule has 0 aliphatic carbocycles. The molecule has 0 bridgehead atoms. The fourth-order valence-electron chi connectivity index (χ4n) is 2.34. The number of pyridine rings is 1. The van der Waals surface area contributed by atoms with Crippen molar-refractivity contribution in [3.05, 3.63) is 41.7 Å². The van der Waals surface area contributed by atoms with Crippen molar-refractivity contribution >= 4 is 5.91 Å². The first-order chi connectivity index (χ1) is 13.2. The van der Waals surface area contributed by atoms with Crippen LogP contribution in [0.5, 0.6) is 5.88 Å². The number of halogens is 3. The van der Waals surface area contributed by atoms with Crippen LogP contribution in [0.2, 0.25) is 0 Å². The van der Waals surface area contributed by atoms with E-state index in [1.165, 1.54) is 20.4 Å². The maximum atomic E-state index is 12.7. The van der Waals surface area contributed by atoms with Gasteiger partial charge >= 0.3 is 6.18 Å². The second-order valence-corrected chi connectivity index (χ2v) is 5.77. The monoisotopic (exact) mass is 396 g/mol. The average molecular weight is 396 g/mol. The molecule has 9 nitrogen and oxygen atoms in total. The molecule has 0 unspecified atom stereocenters. The van der Waals surface area contributed by atoms with Crippen molar-refractivity contribution < 1.29 is 27.2 Å². The molecule has 0 aromatic carbocycles. The minimum atomic E-state index is -4.64. The number of carbonyl (C=O) groups is 1. The lowest BCUT2D eigenvalue weighted by Gasteiger charge is -2.09. The first-order valence-corrected chi connectivity index (χ1v) is 7.95. The molecule has 0 aliphatic heterocycles. The summed E-state index contributed by atoms with van der Waals surface area (Å²) in [5.74, 6) is -0.0701. The Kier molecular flexibility index (Phi) is 5.03. The van der Waals surface area contributed by atoms with Gasteiger partial charge in [0.1, 0.15) is 11.7 Å². The second kappa shape index (κ2) is 7.29. The van der Waals surface area contributed by atoms with Crippen molar-refractivity contribution in [2.75, 3.05) is 7.11 Å². The minimum absolute atomic E-state index is 0.0809. The van der Waals surface area contributed by atoms with Crippen LogP contribution in [0.3, 0.4) is 0 Å². The van der Waals surface area contributed by atoms with Crippen LogP contribution in [0.1, 0.15) is 35.0 Å². The van der Waals surface area contributed by atoms with Gasteiger partial charge in [-0.05, 0) is 13.0 Å². The molecule has 3 rings (SSSR count). The zero-order valence-electron chi connectivity index (χ0n) is 15.0. The van der Waals surface area contributed by atoms with Gasteiger partial charge in [-0.1, -0.05) is 5.16 Å². The van der Waals surface area contributed by atoms with Crippen LogP contribution in [0, 0.1) is 0 Å². The zero-order valence-corrected chi connectivity index (χ0v) is 15.0. The van der Waals surface area contributed by atoms with E-state index in [1.54, 1.807) is 19.1 Å². The molecule has 3 aromatic rings. The lowest BCUT2D eigenvalue weighted by Crippen LogP contribution is -2.28. The van der Waals surface area contributed by atoms with Gasteiger partial charge in [-0.2, -0.15) is 23.3 Å². The Morgan fingerprint density at radius 2 is 2.11 bits per heavy atom. The number of hydrogen-bond donors (Lipinski definition) is 1. The first kappa shape index (κ1) is 19.3. The third kappa shape index (κ3) is 3.94.